The van der Waals surface area contributed by atoms with E-state index < -0.39 is 0 Å². The molecule has 0 spiro atoms. The Morgan fingerprint density at radius 2 is 2.24 bits per heavy atom. The van der Waals surface area contributed by atoms with Crippen molar-refractivity contribution in [2.75, 3.05) is 19.4 Å². The summed E-state index contributed by atoms with van der Waals surface area (Å²) < 4.78 is 0. The molecule has 7 heteroatoms. The van der Waals surface area contributed by atoms with E-state index in [1.54, 1.807) is 20.2 Å². The molecular formula is C14H19ClN4O2. The summed E-state index contributed by atoms with van der Waals surface area (Å²) in [6.45, 7) is 1.94. The highest BCUT2D eigenvalue weighted by atomic mass is 35.5. The molecule has 21 heavy (non-hydrogen) atoms. The minimum Gasteiger partial charge on any atom is -0.364 e. The van der Waals surface area contributed by atoms with Crippen LogP contribution in [0.15, 0.2) is 12.3 Å². The van der Waals surface area contributed by atoms with Crippen LogP contribution in [0, 0.1) is 0 Å². The van der Waals surface area contributed by atoms with Gasteiger partial charge in [0.15, 0.2) is 0 Å². The van der Waals surface area contributed by atoms with Gasteiger partial charge in [-0.15, -0.1) is 0 Å². The quantitative estimate of drug-likeness (QED) is 0.887. The van der Waals surface area contributed by atoms with E-state index in [2.05, 4.69) is 15.6 Å². The van der Waals surface area contributed by atoms with Crippen molar-refractivity contribution in [1.82, 2.24) is 15.2 Å². The van der Waals surface area contributed by atoms with Crippen molar-refractivity contribution in [3.05, 3.63) is 22.8 Å². The Labute approximate surface area is 128 Å². The highest BCUT2D eigenvalue weighted by Crippen LogP contribution is 2.23. The van der Waals surface area contributed by atoms with Gasteiger partial charge in [0, 0.05) is 38.8 Å². The van der Waals surface area contributed by atoms with Crippen LogP contribution in [-0.2, 0) is 4.79 Å². The van der Waals surface area contributed by atoms with E-state index in [-0.39, 0.29) is 23.9 Å². The zero-order valence-corrected chi connectivity index (χ0v) is 13.1. The molecule has 1 aliphatic heterocycles. The van der Waals surface area contributed by atoms with Crippen LogP contribution < -0.4 is 10.6 Å². The van der Waals surface area contributed by atoms with E-state index in [1.165, 1.54) is 11.1 Å². The molecule has 1 fully saturated rings. The third kappa shape index (κ3) is 3.64. The van der Waals surface area contributed by atoms with Crippen LogP contribution in [0.25, 0.3) is 0 Å². The summed E-state index contributed by atoms with van der Waals surface area (Å²) in [5.74, 6) is 0.445. The maximum atomic E-state index is 11.8. The Kier molecular flexibility index (Phi) is 4.67. The molecule has 2 unspecified atom stereocenters. The van der Waals surface area contributed by atoms with E-state index in [0.717, 1.165) is 6.42 Å². The molecule has 0 saturated carbocycles. The van der Waals surface area contributed by atoms with Gasteiger partial charge in [-0.25, -0.2) is 4.98 Å². The lowest BCUT2D eigenvalue weighted by Crippen LogP contribution is -2.49. The predicted molar refractivity (Wildman–Crippen MR) is 81.5 cm³/mol. The third-order valence-electron chi connectivity index (χ3n) is 3.49. The Morgan fingerprint density at radius 3 is 2.81 bits per heavy atom. The second-order valence-electron chi connectivity index (χ2n) is 5.40. The smallest absolute Gasteiger partial charge is 0.254 e. The average molecular weight is 311 g/mol. The molecule has 2 N–H and O–H groups in total. The van der Waals surface area contributed by atoms with Gasteiger partial charge in [0.1, 0.15) is 5.82 Å². The molecule has 1 saturated heterocycles. The van der Waals surface area contributed by atoms with Crippen molar-refractivity contribution in [3.8, 4) is 0 Å². The zero-order valence-electron chi connectivity index (χ0n) is 12.3. The second kappa shape index (κ2) is 6.30. The highest BCUT2D eigenvalue weighted by molar-refractivity contribution is 6.33. The predicted octanol–water partition coefficient (Wildman–Crippen LogP) is 1.52. The minimum atomic E-state index is -0.144. The van der Waals surface area contributed by atoms with E-state index in [9.17, 15) is 9.59 Å². The van der Waals surface area contributed by atoms with Gasteiger partial charge in [0.25, 0.3) is 5.91 Å². The molecule has 1 aliphatic rings. The first-order chi connectivity index (χ1) is 9.88. The summed E-state index contributed by atoms with van der Waals surface area (Å²) in [4.78, 5) is 28.8. The van der Waals surface area contributed by atoms with Gasteiger partial charge >= 0.3 is 0 Å². The SMILES string of the molecule is CC1NC(=O)CCC1Nc1ncc(C(=O)N(C)C)cc1Cl. The lowest BCUT2D eigenvalue weighted by molar-refractivity contribution is -0.123. The van der Waals surface area contributed by atoms with Gasteiger partial charge in [0.05, 0.1) is 10.6 Å². The van der Waals surface area contributed by atoms with Crippen LogP contribution in [-0.4, -0.2) is 47.9 Å². The van der Waals surface area contributed by atoms with Gasteiger partial charge < -0.3 is 15.5 Å². The Balaban J connectivity index is 2.11. The maximum Gasteiger partial charge on any atom is 0.254 e. The summed E-state index contributed by atoms with van der Waals surface area (Å²) in [7, 11) is 3.35. The molecule has 0 bridgehead atoms. The lowest BCUT2D eigenvalue weighted by atomic mass is 9.99. The van der Waals surface area contributed by atoms with Crippen LogP contribution in [0.3, 0.4) is 0 Å². The Morgan fingerprint density at radius 1 is 1.52 bits per heavy atom. The fourth-order valence-electron chi connectivity index (χ4n) is 2.26. The van der Waals surface area contributed by atoms with Gasteiger partial charge in [0.2, 0.25) is 5.91 Å². The molecule has 2 amide bonds. The monoisotopic (exact) mass is 310 g/mol. The number of piperidine rings is 1. The van der Waals surface area contributed by atoms with Crippen molar-refractivity contribution >= 4 is 29.2 Å². The first-order valence-electron chi connectivity index (χ1n) is 6.81. The number of rotatable bonds is 3. The summed E-state index contributed by atoms with van der Waals surface area (Å²) in [5.41, 5.74) is 0.445. The molecule has 0 aromatic carbocycles. The summed E-state index contributed by atoms with van der Waals surface area (Å²) >= 11 is 6.19. The van der Waals surface area contributed by atoms with Crippen molar-refractivity contribution in [1.29, 1.82) is 0 Å². The lowest BCUT2D eigenvalue weighted by Gasteiger charge is -2.30. The number of hydrogen-bond donors (Lipinski definition) is 2. The molecule has 6 nitrogen and oxygen atoms in total. The van der Waals surface area contributed by atoms with Gasteiger partial charge in [-0.2, -0.15) is 0 Å². The topological polar surface area (TPSA) is 74.3 Å². The molecule has 114 valence electrons. The van der Waals surface area contributed by atoms with Crippen molar-refractivity contribution < 1.29 is 9.59 Å². The van der Waals surface area contributed by atoms with E-state index in [0.29, 0.717) is 22.8 Å². The average Bonchev–Trinajstić information content (AvgIpc) is 2.42. The van der Waals surface area contributed by atoms with E-state index in [1.807, 2.05) is 6.92 Å². The van der Waals surface area contributed by atoms with Crippen LogP contribution in [0.1, 0.15) is 30.1 Å². The number of pyridine rings is 1. The fraction of sp³-hybridized carbons (Fsp3) is 0.500. The first-order valence-corrected chi connectivity index (χ1v) is 7.19. The number of amides is 2. The van der Waals surface area contributed by atoms with Crippen LogP contribution >= 0.6 is 11.6 Å². The van der Waals surface area contributed by atoms with Gasteiger partial charge in [-0.05, 0) is 19.4 Å². The summed E-state index contributed by atoms with van der Waals surface area (Å²) in [6, 6.07) is 1.68. The van der Waals surface area contributed by atoms with Crippen molar-refractivity contribution in [2.45, 2.75) is 31.8 Å². The second-order valence-corrected chi connectivity index (χ2v) is 5.81. The number of nitrogens with one attached hydrogen (secondary N) is 2. The minimum absolute atomic E-state index is 0.00667. The number of aromatic nitrogens is 1. The largest absolute Gasteiger partial charge is 0.364 e. The molecule has 1 aromatic rings. The summed E-state index contributed by atoms with van der Waals surface area (Å²) in [6.07, 6.45) is 2.71. The standard InChI is InChI=1S/C14H19ClN4O2/c1-8-11(4-5-12(20)17-8)18-13-10(15)6-9(7-16-13)14(21)19(2)3/h6-8,11H,4-5H2,1-3H3,(H,16,18)(H,17,20). The number of anilines is 1. The van der Waals surface area contributed by atoms with Crippen LogP contribution in [0.4, 0.5) is 5.82 Å². The Bertz CT molecular complexity index is 562. The third-order valence-corrected chi connectivity index (χ3v) is 3.78. The van der Waals surface area contributed by atoms with E-state index in [4.69, 9.17) is 11.6 Å². The number of hydrogen-bond acceptors (Lipinski definition) is 4. The number of halogens is 1. The first kappa shape index (κ1) is 15.6. The van der Waals surface area contributed by atoms with Gasteiger partial charge in [-0.3, -0.25) is 9.59 Å². The normalized spacial score (nSPS) is 21.6. The molecule has 2 heterocycles. The fourth-order valence-corrected chi connectivity index (χ4v) is 2.48. The molecule has 1 aromatic heterocycles. The van der Waals surface area contributed by atoms with Crippen molar-refractivity contribution in [2.24, 2.45) is 0 Å². The molecule has 0 aliphatic carbocycles. The van der Waals surface area contributed by atoms with Crippen LogP contribution in [0.5, 0.6) is 0 Å². The highest BCUT2D eigenvalue weighted by Gasteiger charge is 2.26. The number of carbonyl (C=O) groups excluding carboxylic acids is 2. The molecule has 0 radical (unpaired) electrons. The van der Waals surface area contributed by atoms with Crippen molar-refractivity contribution in [3.63, 3.8) is 0 Å². The van der Waals surface area contributed by atoms with E-state index >= 15 is 0 Å². The Hall–Kier alpha value is -1.82. The summed E-state index contributed by atoms with van der Waals surface area (Å²) in [5, 5.41) is 6.51. The van der Waals surface area contributed by atoms with Gasteiger partial charge in [-0.1, -0.05) is 11.6 Å². The zero-order chi connectivity index (χ0) is 15.6. The molecule has 2 rings (SSSR count). The molecular weight excluding hydrogens is 292 g/mol. The number of carbonyl (C=O) groups is 2. The maximum absolute atomic E-state index is 11.8. The molecule has 2 atom stereocenters. The number of nitrogens with zero attached hydrogens (tertiary/aromatic N) is 2. The van der Waals surface area contributed by atoms with Crippen LogP contribution in [0.2, 0.25) is 5.02 Å².